The van der Waals surface area contributed by atoms with Crippen molar-refractivity contribution in [2.75, 3.05) is 13.7 Å². The molecule has 0 aromatic heterocycles. The molecule has 15 heavy (non-hydrogen) atoms. The molecule has 88 valence electrons. The summed E-state index contributed by atoms with van der Waals surface area (Å²) in [4.78, 5) is 22.1. The van der Waals surface area contributed by atoms with Crippen molar-refractivity contribution in [2.45, 2.75) is 26.9 Å². The molecule has 0 bridgehead atoms. The maximum Gasteiger partial charge on any atom is 0.308 e. The third-order valence-corrected chi connectivity index (χ3v) is 2.34. The molecule has 5 nitrogen and oxygen atoms in total. The quantitative estimate of drug-likeness (QED) is 0.679. The Labute approximate surface area is 89.8 Å². The van der Waals surface area contributed by atoms with Crippen LogP contribution in [0.1, 0.15) is 20.8 Å². The second-order valence-corrected chi connectivity index (χ2v) is 3.81. The highest BCUT2D eigenvalue weighted by atomic mass is 16.5. The van der Waals surface area contributed by atoms with E-state index in [0.29, 0.717) is 0 Å². The highest BCUT2D eigenvalue weighted by Gasteiger charge is 2.22. The number of methoxy groups -OCH3 is 1. The first kappa shape index (κ1) is 13.9. The lowest BCUT2D eigenvalue weighted by atomic mass is 9.96. The van der Waals surface area contributed by atoms with Crippen LogP contribution in [0.5, 0.6) is 0 Å². The van der Waals surface area contributed by atoms with E-state index in [1.807, 2.05) is 13.8 Å². The van der Waals surface area contributed by atoms with Crippen LogP contribution in [0, 0.1) is 11.8 Å². The van der Waals surface area contributed by atoms with Gasteiger partial charge < -0.3 is 15.2 Å². The molecule has 2 N–H and O–H groups in total. The van der Waals surface area contributed by atoms with E-state index in [1.165, 1.54) is 7.11 Å². The van der Waals surface area contributed by atoms with Gasteiger partial charge in [-0.1, -0.05) is 13.8 Å². The minimum Gasteiger partial charge on any atom is -0.481 e. The summed E-state index contributed by atoms with van der Waals surface area (Å²) >= 11 is 0. The van der Waals surface area contributed by atoms with Gasteiger partial charge in [-0.2, -0.15) is 0 Å². The van der Waals surface area contributed by atoms with E-state index in [1.54, 1.807) is 6.92 Å². The van der Waals surface area contributed by atoms with Crippen LogP contribution in [0.25, 0.3) is 0 Å². The van der Waals surface area contributed by atoms with Crippen LogP contribution < -0.4 is 5.32 Å². The van der Waals surface area contributed by atoms with Crippen molar-refractivity contribution in [3.8, 4) is 0 Å². The Balaban J connectivity index is 4.11. The van der Waals surface area contributed by atoms with Crippen molar-refractivity contribution < 1.29 is 19.4 Å². The van der Waals surface area contributed by atoms with E-state index in [4.69, 9.17) is 9.84 Å². The van der Waals surface area contributed by atoms with E-state index in [0.717, 1.165) is 0 Å². The average Bonchev–Trinajstić information content (AvgIpc) is 2.15. The summed E-state index contributed by atoms with van der Waals surface area (Å²) in [5, 5.41) is 11.4. The lowest BCUT2D eigenvalue weighted by Crippen LogP contribution is -2.40. The van der Waals surface area contributed by atoms with Gasteiger partial charge in [0.15, 0.2) is 0 Å². The normalized spacial score (nSPS) is 14.7. The van der Waals surface area contributed by atoms with Crippen LogP contribution in [0.15, 0.2) is 0 Å². The van der Waals surface area contributed by atoms with Crippen molar-refractivity contribution in [1.29, 1.82) is 0 Å². The van der Waals surface area contributed by atoms with Gasteiger partial charge in [0.05, 0.1) is 5.92 Å². The number of carboxylic acid groups (broad SMARTS) is 1. The molecule has 0 aliphatic heterocycles. The van der Waals surface area contributed by atoms with Crippen LogP contribution in [0.3, 0.4) is 0 Å². The Morgan fingerprint density at radius 2 is 1.87 bits per heavy atom. The molecule has 0 radical (unpaired) electrons. The van der Waals surface area contributed by atoms with E-state index in [2.05, 4.69) is 5.32 Å². The summed E-state index contributed by atoms with van der Waals surface area (Å²) in [5.41, 5.74) is 0. The zero-order chi connectivity index (χ0) is 12.0. The first-order valence-electron chi connectivity index (χ1n) is 4.93. The van der Waals surface area contributed by atoms with Gasteiger partial charge in [0, 0.05) is 13.7 Å². The van der Waals surface area contributed by atoms with Gasteiger partial charge in [0.1, 0.15) is 6.10 Å². The molecular formula is C10H19NO4. The highest BCUT2D eigenvalue weighted by Crippen LogP contribution is 2.09. The van der Waals surface area contributed by atoms with Gasteiger partial charge in [-0.3, -0.25) is 9.59 Å². The predicted octanol–water partition coefficient (Wildman–Crippen LogP) is 0.494. The van der Waals surface area contributed by atoms with E-state index in [9.17, 15) is 9.59 Å². The number of rotatable bonds is 6. The van der Waals surface area contributed by atoms with Gasteiger partial charge in [0.25, 0.3) is 0 Å². The summed E-state index contributed by atoms with van der Waals surface area (Å²) in [6.45, 7) is 5.37. The van der Waals surface area contributed by atoms with E-state index >= 15 is 0 Å². The fraction of sp³-hybridized carbons (Fsp3) is 0.800. The monoisotopic (exact) mass is 217 g/mol. The van der Waals surface area contributed by atoms with Crippen molar-refractivity contribution >= 4 is 11.9 Å². The minimum absolute atomic E-state index is 0.0133. The number of hydrogen-bond acceptors (Lipinski definition) is 3. The van der Waals surface area contributed by atoms with Gasteiger partial charge in [-0.25, -0.2) is 0 Å². The van der Waals surface area contributed by atoms with Gasteiger partial charge in [0.2, 0.25) is 5.91 Å². The van der Waals surface area contributed by atoms with Gasteiger partial charge in [-0.05, 0) is 12.8 Å². The molecule has 0 heterocycles. The Hall–Kier alpha value is -1.10. The Morgan fingerprint density at radius 3 is 2.20 bits per heavy atom. The first-order chi connectivity index (χ1) is 6.90. The fourth-order valence-corrected chi connectivity index (χ4v) is 1.07. The number of aliphatic carboxylic acids is 1. The van der Waals surface area contributed by atoms with Crippen molar-refractivity contribution in [1.82, 2.24) is 5.32 Å². The summed E-state index contributed by atoms with van der Waals surface area (Å²) in [6.07, 6.45) is -0.549. The van der Waals surface area contributed by atoms with Gasteiger partial charge >= 0.3 is 5.97 Å². The van der Waals surface area contributed by atoms with E-state index in [-0.39, 0.29) is 18.4 Å². The number of carbonyl (C=O) groups excluding carboxylic acids is 1. The Morgan fingerprint density at radius 1 is 1.33 bits per heavy atom. The Bertz CT molecular complexity index is 227. The number of carbonyl (C=O) groups is 2. The highest BCUT2D eigenvalue weighted by molar-refractivity contribution is 5.81. The maximum atomic E-state index is 11.3. The van der Waals surface area contributed by atoms with Crippen LogP contribution in [-0.2, 0) is 14.3 Å². The molecule has 5 heteroatoms. The number of nitrogens with one attached hydrogen (secondary N) is 1. The number of carboxylic acids is 1. The molecule has 0 aliphatic carbocycles. The summed E-state index contributed by atoms with van der Waals surface area (Å²) in [7, 11) is 1.43. The second kappa shape index (κ2) is 6.40. The molecule has 2 atom stereocenters. The smallest absolute Gasteiger partial charge is 0.308 e. The molecule has 0 rings (SSSR count). The molecule has 0 saturated heterocycles. The molecule has 2 unspecified atom stereocenters. The fourth-order valence-electron chi connectivity index (χ4n) is 1.07. The molecular weight excluding hydrogens is 198 g/mol. The standard InChI is InChI=1S/C10H19NO4/c1-6(2)8(10(13)14)5-11-9(12)7(3)15-4/h6-8H,5H2,1-4H3,(H,11,12)(H,13,14). The molecule has 0 spiro atoms. The maximum absolute atomic E-state index is 11.3. The van der Waals surface area contributed by atoms with Crippen LogP contribution in [0.2, 0.25) is 0 Å². The molecule has 0 aliphatic rings. The summed E-state index contributed by atoms with van der Waals surface area (Å²) in [6, 6.07) is 0. The third kappa shape index (κ3) is 4.78. The summed E-state index contributed by atoms with van der Waals surface area (Å²) in [5.74, 6) is -1.75. The second-order valence-electron chi connectivity index (χ2n) is 3.81. The molecule has 0 saturated carbocycles. The minimum atomic E-state index is -0.893. The SMILES string of the molecule is COC(C)C(=O)NCC(C(=O)O)C(C)C. The van der Waals surface area contributed by atoms with Crippen LogP contribution >= 0.6 is 0 Å². The Kier molecular flexibility index (Phi) is 5.93. The number of ether oxygens (including phenoxy) is 1. The number of hydrogen-bond donors (Lipinski definition) is 2. The molecule has 0 aromatic carbocycles. The van der Waals surface area contributed by atoms with Crippen molar-refractivity contribution in [2.24, 2.45) is 11.8 Å². The zero-order valence-corrected chi connectivity index (χ0v) is 9.61. The molecule has 0 fully saturated rings. The molecule has 1 amide bonds. The lowest BCUT2D eigenvalue weighted by Gasteiger charge is -2.18. The predicted molar refractivity (Wildman–Crippen MR) is 55.4 cm³/mol. The average molecular weight is 217 g/mol. The largest absolute Gasteiger partial charge is 0.481 e. The first-order valence-corrected chi connectivity index (χ1v) is 4.93. The third-order valence-electron chi connectivity index (χ3n) is 2.34. The van der Waals surface area contributed by atoms with Crippen molar-refractivity contribution in [3.05, 3.63) is 0 Å². The molecule has 0 aromatic rings. The zero-order valence-electron chi connectivity index (χ0n) is 9.61. The van der Waals surface area contributed by atoms with Crippen molar-refractivity contribution in [3.63, 3.8) is 0 Å². The van der Waals surface area contributed by atoms with Crippen LogP contribution in [0.4, 0.5) is 0 Å². The van der Waals surface area contributed by atoms with Crippen LogP contribution in [-0.4, -0.2) is 36.7 Å². The topological polar surface area (TPSA) is 75.6 Å². The van der Waals surface area contributed by atoms with Gasteiger partial charge in [-0.15, -0.1) is 0 Å². The lowest BCUT2D eigenvalue weighted by molar-refractivity contribution is -0.143. The summed E-state index contributed by atoms with van der Waals surface area (Å²) < 4.78 is 4.81. The number of amides is 1. The van der Waals surface area contributed by atoms with E-state index < -0.39 is 18.0 Å².